The number of aromatic amines is 1. The van der Waals surface area contributed by atoms with Crippen molar-refractivity contribution in [1.29, 1.82) is 0 Å². The van der Waals surface area contributed by atoms with E-state index in [9.17, 15) is 19.5 Å². The lowest BCUT2D eigenvalue weighted by Gasteiger charge is -2.44. The van der Waals surface area contributed by atoms with E-state index < -0.39 is 11.5 Å². The zero-order valence-corrected chi connectivity index (χ0v) is 22.7. The van der Waals surface area contributed by atoms with Crippen molar-refractivity contribution in [2.24, 2.45) is 29.1 Å². The molecule has 5 rings (SSSR count). The molecule has 1 aromatic carbocycles. The summed E-state index contributed by atoms with van der Waals surface area (Å²) in [5, 5.41) is 14.9. The number of amides is 1. The molecule has 6 heteroatoms. The number of aliphatic hydroxyl groups excluding tert-OH is 1. The van der Waals surface area contributed by atoms with Gasteiger partial charge in [0.25, 0.3) is 0 Å². The topological polar surface area (TPSA) is 99.3 Å². The van der Waals surface area contributed by atoms with Crippen LogP contribution >= 0.6 is 0 Å². The van der Waals surface area contributed by atoms with Gasteiger partial charge in [0.05, 0.1) is 0 Å². The highest BCUT2D eigenvalue weighted by Crippen LogP contribution is 2.55. The number of nitrogens with one attached hydrogen (secondary N) is 2. The minimum absolute atomic E-state index is 0.0116. The Hall–Kier alpha value is -3.25. The molecular formula is C32H38N2O4. The van der Waals surface area contributed by atoms with E-state index in [4.69, 9.17) is 0 Å². The largest absolute Gasteiger partial charge is 0.381 e. The van der Waals surface area contributed by atoms with Crippen LogP contribution in [0.1, 0.15) is 52.5 Å². The second-order valence-electron chi connectivity index (χ2n) is 11.6. The van der Waals surface area contributed by atoms with Gasteiger partial charge in [-0.05, 0) is 55.7 Å². The Kier molecular flexibility index (Phi) is 7.03. The maximum Gasteiger partial charge on any atom is 0.235 e. The molecule has 1 unspecified atom stereocenters. The summed E-state index contributed by atoms with van der Waals surface area (Å²) in [5.74, 6) is -1.34. The zero-order chi connectivity index (χ0) is 27.2. The average Bonchev–Trinajstić information content (AvgIpc) is 3.43. The van der Waals surface area contributed by atoms with Crippen LogP contribution in [0.25, 0.3) is 10.9 Å². The van der Waals surface area contributed by atoms with Gasteiger partial charge in [0.1, 0.15) is 17.3 Å². The van der Waals surface area contributed by atoms with Gasteiger partial charge in [0, 0.05) is 47.8 Å². The Bertz CT molecular complexity index is 1360. The first-order valence-electron chi connectivity index (χ1n) is 13.8. The highest BCUT2D eigenvalue weighted by Gasteiger charge is 2.65. The fraction of sp³-hybridized carbons (Fsp3) is 0.469. The van der Waals surface area contributed by atoms with E-state index >= 15 is 0 Å². The van der Waals surface area contributed by atoms with E-state index in [1.165, 1.54) is 5.57 Å². The molecule has 1 amide bonds. The molecular weight excluding hydrogens is 476 g/mol. The number of fused-ring (bicyclic) bond motifs is 1. The summed E-state index contributed by atoms with van der Waals surface area (Å²) in [6.07, 6.45) is 10.0. The number of rotatable bonds is 2. The summed E-state index contributed by atoms with van der Waals surface area (Å²) >= 11 is 0. The molecule has 6 nitrogen and oxygen atoms in total. The zero-order valence-electron chi connectivity index (χ0n) is 22.7. The lowest BCUT2D eigenvalue weighted by atomic mass is 9.54. The maximum absolute atomic E-state index is 14.2. The van der Waals surface area contributed by atoms with Gasteiger partial charge < -0.3 is 15.4 Å². The molecule has 3 N–H and O–H groups in total. The first-order valence-corrected chi connectivity index (χ1v) is 13.8. The summed E-state index contributed by atoms with van der Waals surface area (Å²) in [6.45, 7) is 8.00. The number of hydrogen-bond acceptors (Lipinski definition) is 4. The van der Waals surface area contributed by atoms with Crippen LogP contribution < -0.4 is 5.32 Å². The van der Waals surface area contributed by atoms with Gasteiger partial charge >= 0.3 is 0 Å². The smallest absolute Gasteiger partial charge is 0.235 e. The third kappa shape index (κ3) is 4.29. The van der Waals surface area contributed by atoms with Gasteiger partial charge in [-0.1, -0.05) is 61.9 Å². The number of para-hydroxylation sites is 1. The van der Waals surface area contributed by atoms with Crippen molar-refractivity contribution >= 4 is 28.4 Å². The molecule has 3 aliphatic rings. The summed E-state index contributed by atoms with van der Waals surface area (Å²) in [7, 11) is 0. The summed E-state index contributed by atoms with van der Waals surface area (Å²) in [4.78, 5) is 44.4. The number of carbonyl (C=O) groups excluding carboxylic acids is 3. The third-order valence-electron chi connectivity index (χ3n) is 9.19. The van der Waals surface area contributed by atoms with Gasteiger partial charge in [0.15, 0.2) is 5.78 Å². The lowest BCUT2D eigenvalue weighted by molar-refractivity contribution is -0.146. The van der Waals surface area contributed by atoms with Crippen LogP contribution in [0.2, 0.25) is 0 Å². The number of aliphatic hydroxyl groups is 1. The van der Waals surface area contributed by atoms with Crippen molar-refractivity contribution < 1.29 is 19.5 Å². The third-order valence-corrected chi connectivity index (χ3v) is 9.19. The molecule has 1 saturated heterocycles. The Balaban J connectivity index is 1.58. The molecule has 38 heavy (non-hydrogen) atoms. The molecule has 2 heterocycles. The molecule has 200 valence electrons. The summed E-state index contributed by atoms with van der Waals surface area (Å²) < 4.78 is 0. The number of ketones is 2. The number of benzene rings is 1. The molecule has 2 aliphatic carbocycles. The predicted molar refractivity (Wildman–Crippen MR) is 148 cm³/mol. The lowest BCUT2D eigenvalue weighted by Crippen LogP contribution is -2.52. The van der Waals surface area contributed by atoms with Crippen molar-refractivity contribution in [3.63, 3.8) is 0 Å². The minimum Gasteiger partial charge on any atom is -0.381 e. The number of aromatic nitrogens is 1. The molecule has 1 fully saturated rings. The van der Waals surface area contributed by atoms with Crippen LogP contribution in [0, 0.1) is 29.1 Å². The van der Waals surface area contributed by atoms with E-state index in [0.717, 1.165) is 16.5 Å². The van der Waals surface area contributed by atoms with Crippen molar-refractivity contribution in [1.82, 2.24) is 10.3 Å². The molecule has 0 bridgehead atoms. The number of carbonyl (C=O) groups is 3. The number of hydrogen-bond donors (Lipinski definition) is 3. The Morgan fingerprint density at radius 2 is 1.79 bits per heavy atom. The van der Waals surface area contributed by atoms with Crippen LogP contribution in [0.4, 0.5) is 0 Å². The van der Waals surface area contributed by atoms with Gasteiger partial charge in [-0.15, -0.1) is 0 Å². The summed E-state index contributed by atoms with van der Waals surface area (Å²) in [6, 6.07) is 7.89. The number of Topliss-reactive ketones (excluding diaryl/α,β-unsaturated/α-hetero) is 2. The van der Waals surface area contributed by atoms with Crippen molar-refractivity contribution in [2.75, 3.05) is 0 Å². The maximum atomic E-state index is 14.2. The first kappa shape index (κ1) is 26.4. The molecule has 1 spiro atoms. The molecule has 0 radical (unpaired) electrons. The van der Waals surface area contributed by atoms with Crippen molar-refractivity contribution in [3.05, 3.63) is 71.5 Å². The van der Waals surface area contributed by atoms with E-state index in [1.54, 1.807) is 6.92 Å². The fourth-order valence-corrected chi connectivity index (χ4v) is 7.12. The monoisotopic (exact) mass is 514 g/mol. The summed E-state index contributed by atoms with van der Waals surface area (Å²) in [5.41, 5.74) is 2.66. The van der Waals surface area contributed by atoms with Crippen LogP contribution in [-0.2, 0) is 20.8 Å². The van der Waals surface area contributed by atoms with E-state index in [-0.39, 0.29) is 60.0 Å². The second-order valence-corrected chi connectivity index (χ2v) is 11.6. The van der Waals surface area contributed by atoms with E-state index in [2.05, 4.69) is 42.4 Å². The van der Waals surface area contributed by atoms with Gasteiger partial charge in [-0.25, -0.2) is 0 Å². The van der Waals surface area contributed by atoms with Gasteiger partial charge in [-0.3, -0.25) is 14.4 Å². The van der Waals surface area contributed by atoms with Gasteiger partial charge in [0.2, 0.25) is 5.91 Å². The van der Waals surface area contributed by atoms with Crippen LogP contribution in [0.15, 0.2) is 65.9 Å². The molecule has 2 aromatic rings. The predicted octanol–water partition coefficient (Wildman–Crippen LogP) is 4.85. The Labute approximate surface area is 224 Å². The molecule has 0 saturated carbocycles. The van der Waals surface area contributed by atoms with Crippen LogP contribution in [0.3, 0.4) is 0 Å². The Morgan fingerprint density at radius 3 is 2.58 bits per heavy atom. The van der Waals surface area contributed by atoms with Crippen molar-refractivity contribution in [3.8, 4) is 0 Å². The van der Waals surface area contributed by atoms with E-state index in [0.29, 0.717) is 18.4 Å². The van der Waals surface area contributed by atoms with Crippen molar-refractivity contribution in [2.45, 2.75) is 65.5 Å². The Morgan fingerprint density at radius 1 is 1.03 bits per heavy atom. The fourth-order valence-electron chi connectivity index (χ4n) is 7.12. The first-order chi connectivity index (χ1) is 18.1. The number of H-pyrrole nitrogens is 1. The number of allylic oxidation sites excluding steroid dienone is 5. The van der Waals surface area contributed by atoms with Gasteiger partial charge in [-0.2, -0.15) is 0 Å². The highest BCUT2D eigenvalue weighted by molar-refractivity contribution is 6.10. The quantitative estimate of drug-likeness (QED) is 0.394. The highest BCUT2D eigenvalue weighted by atomic mass is 16.3. The normalized spacial score (nSPS) is 34.4. The van der Waals surface area contributed by atoms with Crippen LogP contribution in [0.5, 0.6) is 0 Å². The molecule has 1 aromatic heterocycles. The standard InChI is InChI=1S/C32H38N2O4/c1-18-8-7-9-23-15-19(2)21(4)29-26(16-22-17-33-25-11-6-5-10-24(22)25)34-31(38)32(23,29)28(36)13-12-27(35)30(37)20(3)14-18/h5-7,9-11,14-15,17-18,21,23,26,29-30,33,37H,8,12-13,16H2,1-4H3,(H,34,38)/t18-,21+,23-,26?,29-,30+,32-/m0/s1. The SMILES string of the molecule is CC1=C[C@@H](C)CC=C[C@H]2C=C(C)[C@@H](C)[C@H]3C(Cc4c[nH]c5ccccc45)NC(=O)[C@]23C(=O)CCC(=O)[C@@H]1O. The molecule has 7 atom stereocenters. The average molecular weight is 515 g/mol. The van der Waals surface area contributed by atoms with E-state index in [1.807, 2.05) is 43.5 Å². The second kappa shape index (κ2) is 10.1. The minimum atomic E-state index is -1.28. The van der Waals surface area contributed by atoms with Crippen LogP contribution in [-0.4, -0.2) is 39.7 Å². The molecule has 1 aliphatic heterocycles.